The van der Waals surface area contributed by atoms with Crippen molar-refractivity contribution in [3.8, 4) is 0 Å². The van der Waals surface area contributed by atoms with Crippen molar-refractivity contribution in [1.82, 2.24) is 9.80 Å². The third-order valence-electron chi connectivity index (χ3n) is 5.72. The molecule has 4 rings (SSSR count). The molecule has 28 heavy (non-hydrogen) atoms. The van der Waals surface area contributed by atoms with Crippen LogP contribution in [-0.2, 0) is 4.79 Å². The molecule has 0 aliphatic carbocycles. The van der Waals surface area contributed by atoms with Crippen LogP contribution in [-0.4, -0.2) is 53.3 Å². The average molecular weight is 400 g/mol. The van der Waals surface area contributed by atoms with Crippen LogP contribution < -0.4 is 5.73 Å². The maximum absolute atomic E-state index is 13.2. The fourth-order valence-electron chi connectivity index (χ4n) is 4.29. The highest BCUT2D eigenvalue weighted by molar-refractivity contribution is 5.98. The van der Waals surface area contributed by atoms with E-state index in [2.05, 4.69) is 12.1 Å². The second kappa shape index (κ2) is 8.76. The lowest BCUT2D eigenvalue weighted by Crippen LogP contribution is -2.47. The highest BCUT2D eigenvalue weighted by Crippen LogP contribution is 2.29. The first-order chi connectivity index (χ1) is 13.1. The summed E-state index contributed by atoms with van der Waals surface area (Å²) < 4.78 is 0. The Morgan fingerprint density at radius 3 is 2.25 bits per heavy atom. The minimum Gasteiger partial charge on any atom is -0.339 e. The lowest BCUT2D eigenvalue weighted by atomic mass is 9.95. The Balaban J connectivity index is 0.00000225. The number of amides is 2. The van der Waals surface area contributed by atoms with Gasteiger partial charge in [0.2, 0.25) is 5.91 Å². The topological polar surface area (TPSA) is 66.6 Å². The summed E-state index contributed by atoms with van der Waals surface area (Å²) in [6, 6.07) is 18.9. The Bertz CT molecular complexity index is 815. The van der Waals surface area contributed by atoms with Gasteiger partial charge < -0.3 is 15.5 Å². The molecular weight excluding hydrogens is 374 g/mol. The Hall–Kier alpha value is -2.37. The maximum atomic E-state index is 13.2. The van der Waals surface area contributed by atoms with Crippen molar-refractivity contribution in [1.29, 1.82) is 0 Å². The molecule has 0 spiro atoms. The Labute approximate surface area is 171 Å². The van der Waals surface area contributed by atoms with Crippen LogP contribution in [0.25, 0.3) is 0 Å². The Kier molecular flexibility index (Phi) is 6.37. The zero-order valence-electron chi connectivity index (χ0n) is 15.7. The molecule has 0 saturated carbocycles. The molecule has 2 saturated heterocycles. The monoisotopic (exact) mass is 399 g/mol. The number of carbonyl (C=O) groups excluding carboxylic acids is 2. The molecule has 0 radical (unpaired) electrons. The minimum atomic E-state index is -0.376. The fourth-order valence-corrected chi connectivity index (χ4v) is 4.29. The van der Waals surface area contributed by atoms with Crippen molar-refractivity contribution in [3.63, 3.8) is 0 Å². The van der Waals surface area contributed by atoms with Gasteiger partial charge in [-0.1, -0.05) is 48.5 Å². The summed E-state index contributed by atoms with van der Waals surface area (Å²) in [6.07, 6.45) is 1.58. The van der Waals surface area contributed by atoms with Gasteiger partial charge in [0.05, 0.1) is 0 Å². The largest absolute Gasteiger partial charge is 0.339 e. The zero-order valence-corrected chi connectivity index (χ0v) is 16.6. The third kappa shape index (κ3) is 3.91. The predicted molar refractivity (Wildman–Crippen MR) is 111 cm³/mol. The minimum absolute atomic E-state index is 0. The SMILES string of the molecule is Cl.N[C@@H]1CN(C(=O)C2CCCN2C(=O)c2ccccc2)C[C@H]1c1ccccc1. The van der Waals surface area contributed by atoms with Crippen molar-refractivity contribution in [2.24, 2.45) is 5.73 Å². The average Bonchev–Trinajstić information content (AvgIpc) is 3.35. The highest BCUT2D eigenvalue weighted by Gasteiger charge is 2.41. The van der Waals surface area contributed by atoms with Gasteiger partial charge in [-0.3, -0.25) is 9.59 Å². The summed E-state index contributed by atoms with van der Waals surface area (Å²) in [5.41, 5.74) is 8.16. The van der Waals surface area contributed by atoms with E-state index in [4.69, 9.17) is 5.73 Å². The molecule has 2 heterocycles. The summed E-state index contributed by atoms with van der Waals surface area (Å²) in [7, 11) is 0. The number of carbonyl (C=O) groups is 2. The normalized spacial score (nSPS) is 24.1. The van der Waals surface area contributed by atoms with Gasteiger partial charge in [-0.05, 0) is 30.5 Å². The number of hydrogen-bond donors (Lipinski definition) is 1. The Morgan fingerprint density at radius 1 is 0.929 bits per heavy atom. The van der Waals surface area contributed by atoms with Gasteiger partial charge in [-0.2, -0.15) is 0 Å². The lowest BCUT2D eigenvalue weighted by Gasteiger charge is -2.28. The molecule has 5 nitrogen and oxygen atoms in total. The van der Waals surface area contributed by atoms with Gasteiger partial charge in [-0.25, -0.2) is 0 Å². The summed E-state index contributed by atoms with van der Waals surface area (Å²) >= 11 is 0. The van der Waals surface area contributed by atoms with Gasteiger partial charge in [0.15, 0.2) is 0 Å². The van der Waals surface area contributed by atoms with Gasteiger partial charge in [0.25, 0.3) is 5.91 Å². The van der Waals surface area contributed by atoms with E-state index in [9.17, 15) is 9.59 Å². The van der Waals surface area contributed by atoms with E-state index >= 15 is 0 Å². The van der Waals surface area contributed by atoms with E-state index in [1.54, 1.807) is 17.0 Å². The highest BCUT2D eigenvalue weighted by atomic mass is 35.5. The van der Waals surface area contributed by atoms with Gasteiger partial charge in [0.1, 0.15) is 6.04 Å². The van der Waals surface area contributed by atoms with E-state index in [0.717, 1.165) is 12.8 Å². The van der Waals surface area contributed by atoms with Crippen LogP contribution in [0.15, 0.2) is 60.7 Å². The second-order valence-corrected chi connectivity index (χ2v) is 7.45. The molecule has 2 aliphatic rings. The molecule has 2 aromatic rings. The molecule has 0 bridgehead atoms. The standard InChI is InChI=1S/C22H25N3O2.ClH/c23-19-15-24(14-18(19)16-8-3-1-4-9-16)22(27)20-12-7-13-25(20)21(26)17-10-5-2-6-11-17;/h1-6,8-11,18-20H,7,12-15,23H2;1H/t18-,19+,20?;/m0./s1. The van der Waals surface area contributed by atoms with Crippen molar-refractivity contribution < 1.29 is 9.59 Å². The molecule has 148 valence electrons. The predicted octanol–water partition coefficient (Wildman–Crippen LogP) is 2.67. The lowest BCUT2D eigenvalue weighted by molar-refractivity contribution is -0.134. The number of benzene rings is 2. The van der Waals surface area contributed by atoms with E-state index in [1.165, 1.54) is 5.56 Å². The van der Waals surface area contributed by atoms with E-state index in [-0.39, 0.29) is 42.2 Å². The first-order valence-electron chi connectivity index (χ1n) is 9.60. The number of likely N-dealkylation sites (tertiary alicyclic amines) is 2. The molecule has 2 aromatic carbocycles. The molecule has 1 unspecified atom stereocenters. The molecule has 3 atom stereocenters. The smallest absolute Gasteiger partial charge is 0.254 e. The summed E-state index contributed by atoms with van der Waals surface area (Å²) in [4.78, 5) is 29.6. The molecule has 2 fully saturated rings. The fraction of sp³-hybridized carbons (Fsp3) is 0.364. The molecule has 0 aromatic heterocycles. The molecular formula is C22H26ClN3O2. The first kappa shape index (κ1) is 20.4. The summed E-state index contributed by atoms with van der Waals surface area (Å²) in [5, 5.41) is 0. The molecule has 6 heteroatoms. The van der Waals surface area contributed by atoms with E-state index in [1.807, 2.05) is 41.3 Å². The summed E-state index contributed by atoms with van der Waals surface area (Å²) in [6.45, 7) is 1.79. The first-order valence-corrected chi connectivity index (χ1v) is 9.60. The van der Waals surface area contributed by atoms with Crippen molar-refractivity contribution >= 4 is 24.2 Å². The number of nitrogens with two attached hydrogens (primary N) is 1. The van der Waals surface area contributed by atoms with E-state index in [0.29, 0.717) is 25.2 Å². The number of hydrogen-bond acceptors (Lipinski definition) is 3. The van der Waals surface area contributed by atoms with Crippen molar-refractivity contribution in [3.05, 3.63) is 71.8 Å². The van der Waals surface area contributed by atoms with Crippen LogP contribution in [0.4, 0.5) is 0 Å². The second-order valence-electron chi connectivity index (χ2n) is 7.45. The van der Waals surface area contributed by atoms with Crippen LogP contribution in [0.5, 0.6) is 0 Å². The number of rotatable bonds is 3. The van der Waals surface area contributed by atoms with Crippen molar-refractivity contribution in [2.75, 3.05) is 19.6 Å². The number of nitrogens with zero attached hydrogens (tertiary/aromatic N) is 2. The van der Waals surface area contributed by atoms with Crippen LogP contribution in [0.3, 0.4) is 0 Å². The van der Waals surface area contributed by atoms with Crippen LogP contribution >= 0.6 is 12.4 Å². The number of halogens is 1. The van der Waals surface area contributed by atoms with Gasteiger partial charge in [-0.15, -0.1) is 12.4 Å². The molecule has 2 N–H and O–H groups in total. The molecule has 2 amide bonds. The van der Waals surface area contributed by atoms with Crippen LogP contribution in [0.1, 0.15) is 34.7 Å². The van der Waals surface area contributed by atoms with Gasteiger partial charge in [0, 0.05) is 37.2 Å². The zero-order chi connectivity index (χ0) is 18.8. The van der Waals surface area contributed by atoms with Crippen LogP contribution in [0, 0.1) is 0 Å². The Morgan fingerprint density at radius 2 is 1.57 bits per heavy atom. The van der Waals surface area contributed by atoms with Crippen molar-refractivity contribution in [2.45, 2.75) is 30.8 Å². The molecule has 2 aliphatic heterocycles. The van der Waals surface area contributed by atoms with E-state index < -0.39 is 0 Å². The van der Waals surface area contributed by atoms with Crippen LogP contribution in [0.2, 0.25) is 0 Å². The quantitative estimate of drug-likeness (QED) is 0.862. The maximum Gasteiger partial charge on any atom is 0.254 e. The van der Waals surface area contributed by atoms with Gasteiger partial charge >= 0.3 is 0 Å². The summed E-state index contributed by atoms with van der Waals surface area (Å²) in [5.74, 6) is 0.120. The third-order valence-corrected chi connectivity index (χ3v) is 5.72.